The van der Waals surface area contributed by atoms with Gasteiger partial charge in [0.25, 0.3) is 0 Å². The van der Waals surface area contributed by atoms with Crippen molar-refractivity contribution in [2.75, 3.05) is 56.4 Å². The molecule has 348 valence electrons. The summed E-state index contributed by atoms with van der Waals surface area (Å²) in [5, 5.41) is 16.3. The number of hydrogen-bond donors (Lipinski definition) is 4. The van der Waals surface area contributed by atoms with Crippen molar-refractivity contribution in [3.8, 4) is 6.07 Å². The lowest BCUT2D eigenvalue weighted by Gasteiger charge is -2.39. The number of nitrogens with one attached hydrogen (secondary N) is 3. The van der Waals surface area contributed by atoms with Crippen molar-refractivity contribution >= 4 is 57.3 Å². The highest BCUT2D eigenvalue weighted by Gasteiger charge is 2.41. The predicted octanol–water partition coefficient (Wildman–Crippen LogP) is 6.57. The standard InChI is InChI=1S/C51H64N10O5/c1-8-33-27-36-37(51(6,7)46-44(45(36)63)35-15-12-32(29-52)26-39(35)55-46)28-42(33)59-21-23-60(24-22-59)43(62)17-14-31-13-16-41-40(25-31)56-48(53)61(41)19-10-11-38(57-49(65)66-50(3,4)5)47(64)54-34-18-20-58(9-2)30-34/h12-13,15-16,25-28,34,38,55H,8-11,14,17-24,30H2,1-7H3,(H2,53,56)(H,54,64)(H,57,65)/t34-,38+/m1/s1. The van der Waals surface area contributed by atoms with E-state index in [-0.39, 0.29) is 23.6 Å². The highest BCUT2D eigenvalue weighted by atomic mass is 16.6. The van der Waals surface area contributed by atoms with Crippen molar-refractivity contribution in [3.05, 3.63) is 87.6 Å². The number of hydrogen-bond acceptors (Lipinski definition) is 10. The van der Waals surface area contributed by atoms with Gasteiger partial charge < -0.3 is 45.4 Å². The molecule has 0 saturated carbocycles. The SMILES string of the molecule is CCc1cc2c(cc1N1CCN(C(=O)CCc3ccc4c(c3)nc(N)n4CCC[C@H](NC(=O)OC(C)(C)C)C(=O)N[C@@H]3CCN(CC)C3)CC1)C(C)(C)c1[nH]c3cc(C#N)ccc3c1C2=O. The van der Waals surface area contributed by atoms with Gasteiger partial charge in [0.1, 0.15) is 11.6 Å². The number of rotatable bonds is 13. The van der Waals surface area contributed by atoms with Crippen molar-refractivity contribution in [3.63, 3.8) is 0 Å². The van der Waals surface area contributed by atoms with Crippen molar-refractivity contribution in [2.45, 2.75) is 117 Å². The molecule has 2 aliphatic heterocycles. The first-order chi connectivity index (χ1) is 31.5. The molecule has 5 N–H and O–H groups in total. The Bertz CT molecular complexity index is 2730. The van der Waals surface area contributed by atoms with E-state index >= 15 is 0 Å². The minimum absolute atomic E-state index is 0.00278. The van der Waals surface area contributed by atoms with Gasteiger partial charge in [-0.2, -0.15) is 5.26 Å². The van der Waals surface area contributed by atoms with Gasteiger partial charge in [0, 0.05) is 91.5 Å². The maximum absolute atomic E-state index is 14.2. The number of H-pyrrole nitrogens is 1. The molecule has 3 aliphatic rings. The topological polar surface area (TPSA) is 195 Å². The number of aryl methyl sites for hydroxylation is 3. The molecule has 2 atom stereocenters. The molecule has 4 heterocycles. The molecular formula is C51H64N10O5. The third-order valence-electron chi connectivity index (χ3n) is 13.7. The van der Waals surface area contributed by atoms with Crippen LogP contribution in [-0.2, 0) is 39.1 Å². The molecule has 1 aliphatic carbocycles. The van der Waals surface area contributed by atoms with Crippen molar-refractivity contribution < 1.29 is 23.9 Å². The summed E-state index contributed by atoms with van der Waals surface area (Å²) < 4.78 is 7.42. The van der Waals surface area contributed by atoms with E-state index in [1.807, 2.05) is 39.8 Å². The van der Waals surface area contributed by atoms with Gasteiger partial charge in [-0.05, 0) is 113 Å². The van der Waals surface area contributed by atoms with Gasteiger partial charge in [0.15, 0.2) is 5.78 Å². The lowest BCUT2D eigenvalue weighted by Crippen LogP contribution is -2.51. The number of fused-ring (bicyclic) bond motifs is 5. The summed E-state index contributed by atoms with van der Waals surface area (Å²) in [5.41, 5.74) is 14.7. The van der Waals surface area contributed by atoms with E-state index in [2.05, 4.69) is 76.3 Å². The summed E-state index contributed by atoms with van der Waals surface area (Å²) in [4.78, 5) is 68.7. The van der Waals surface area contributed by atoms with Crippen LogP contribution in [0.1, 0.15) is 118 Å². The lowest BCUT2D eigenvalue weighted by molar-refractivity contribution is -0.131. The second-order valence-corrected chi connectivity index (χ2v) is 19.6. The van der Waals surface area contributed by atoms with Crippen molar-refractivity contribution in [2.24, 2.45) is 0 Å². The third kappa shape index (κ3) is 9.33. The van der Waals surface area contributed by atoms with Crippen molar-refractivity contribution in [1.29, 1.82) is 5.26 Å². The number of carbonyl (C=O) groups is 4. The number of ketones is 1. The Morgan fingerprint density at radius 1 is 1.05 bits per heavy atom. The largest absolute Gasteiger partial charge is 0.444 e. The summed E-state index contributed by atoms with van der Waals surface area (Å²) in [5.74, 6) is 0.247. The molecule has 5 aromatic rings. The van der Waals surface area contributed by atoms with E-state index in [0.29, 0.717) is 75.5 Å². The molecule has 66 heavy (non-hydrogen) atoms. The smallest absolute Gasteiger partial charge is 0.408 e. The minimum Gasteiger partial charge on any atom is -0.444 e. The van der Waals surface area contributed by atoms with Crippen LogP contribution in [0.4, 0.5) is 16.4 Å². The average Bonchev–Trinajstić information content (AvgIpc) is 4.00. The number of aromatic nitrogens is 3. The van der Waals surface area contributed by atoms with E-state index in [1.54, 1.807) is 26.8 Å². The molecule has 0 bridgehead atoms. The normalized spacial score (nSPS) is 17.7. The number of nitrogens with zero attached hydrogens (tertiary/aromatic N) is 6. The second kappa shape index (κ2) is 18.5. The van der Waals surface area contributed by atoms with Gasteiger partial charge >= 0.3 is 6.09 Å². The zero-order valence-electron chi connectivity index (χ0n) is 39.5. The molecule has 0 spiro atoms. The number of alkyl carbamates (subject to hydrolysis) is 1. The minimum atomic E-state index is -0.771. The van der Waals surface area contributed by atoms with Crippen LogP contribution in [-0.4, -0.2) is 112 Å². The fourth-order valence-corrected chi connectivity index (χ4v) is 10.1. The first kappa shape index (κ1) is 46.1. The van der Waals surface area contributed by atoms with Crippen LogP contribution in [0.5, 0.6) is 0 Å². The van der Waals surface area contributed by atoms with Crippen LogP contribution in [0.2, 0.25) is 0 Å². The first-order valence-electron chi connectivity index (χ1n) is 23.6. The molecule has 2 aromatic heterocycles. The van der Waals surface area contributed by atoms with Gasteiger partial charge in [-0.25, -0.2) is 9.78 Å². The van der Waals surface area contributed by atoms with E-state index in [0.717, 1.165) is 88.0 Å². The van der Waals surface area contributed by atoms with Crippen LogP contribution in [0, 0.1) is 11.3 Å². The van der Waals surface area contributed by atoms with Crippen LogP contribution in [0.25, 0.3) is 21.9 Å². The molecule has 2 saturated heterocycles. The summed E-state index contributed by atoms with van der Waals surface area (Å²) in [6, 6.07) is 17.2. The van der Waals surface area contributed by atoms with Gasteiger partial charge in [0.2, 0.25) is 17.8 Å². The average molecular weight is 897 g/mol. The fourth-order valence-electron chi connectivity index (χ4n) is 10.1. The second-order valence-electron chi connectivity index (χ2n) is 19.6. The maximum Gasteiger partial charge on any atom is 0.408 e. The number of amides is 3. The van der Waals surface area contributed by atoms with Crippen LogP contribution in [0.3, 0.4) is 0 Å². The molecule has 8 rings (SSSR count). The van der Waals surface area contributed by atoms with Crippen LogP contribution >= 0.6 is 0 Å². The van der Waals surface area contributed by atoms with E-state index < -0.39 is 23.2 Å². The molecule has 3 aromatic carbocycles. The number of ether oxygens (including phenoxy) is 1. The predicted molar refractivity (Wildman–Crippen MR) is 257 cm³/mol. The number of nitrogen functional groups attached to an aromatic ring is 1. The number of nitrogens with two attached hydrogens (primary N) is 1. The number of aromatic amines is 1. The number of likely N-dealkylation sites (N-methyl/N-ethyl adjacent to an activating group) is 1. The Labute approximate surface area is 387 Å². The fraction of sp³-hybridized carbons (Fsp3) is 0.490. The molecule has 0 radical (unpaired) electrons. The number of nitriles is 1. The highest BCUT2D eigenvalue weighted by molar-refractivity contribution is 6.20. The molecular weight excluding hydrogens is 833 g/mol. The third-order valence-corrected chi connectivity index (χ3v) is 13.7. The van der Waals surface area contributed by atoms with E-state index in [1.165, 1.54) is 0 Å². The number of piperazine rings is 1. The quantitative estimate of drug-likeness (QED) is 0.100. The lowest BCUT2D eigenvalue weighted by atomic mass is 9.70. The van der Waals surface area contributed by atoms with Crippen LogP contribution < -0.4 is 21.3 Å². The van der Waals surface area contributed by atoms with Crippen LogP contribution in [0.15, 0.2) is 48.5 Å². The monoisotopic (exact) mass is 897 g/mol. The van der Waals surface area contributed by atoms with E-state index in [9.17, 15) is 24.4 Å². The number of carbonyl (C=O) groups excluding carboxylic acids is 4. The molecule has 15 heteroatoms. The highest BCUT2D eigenvalue weighted by Crippen LogP contribution is 2.46. The summed E-state index contributed by atoms with van der Waals surface area (Å²) in [7, 11) is 0. The number of anilines is 2. The molecule has 0 unspecified atom stereocenters. The zero-order chi connectivity index (χ0) is 47.1. The Hall–Kier alpha value is -6.40. The summed E-state index contributed by atoms with van der Waals surface area (Å²) in [6.45, 7) is 19.6. The number of likely N-dealkylation sites (tertiary alicyclic amines) is 1. The molecule has 3 amide bonds. The number of imidazole rings is 1. The van der Waals surface area contributed by atoms with Gasteiger partial charge in [-0.15, -0.1) is 0 Å². The summed E-state index contributed by atoms with van der Waals surface area (Å²) in [6.07, 6.45) is 2.87. The van der Waals surface area contributed by atoms with Gasteiger partial charge in [0.05, 0.1) is 28.2 Å². The first-order valence-corrected chi connectivity index (χ1v) is 23.6. The summed E-state index contributed by atoms with van der Waals surface area (Å²) >= 11 is 0. The molecule has 2 fully saturated rings. The Balaban J connectivity index is 0.873. The van der Waals surface area contributed by atoms with Crippen molar-refractivity contribution in [1.82, 2.24) is 35.0 Å². The Kier molecular flexibility index (Phi) is 12.9. The number of benzene rings is 3. The maximum atomic E-state index is 14.2. The Morgan fingerprint density at radius 3 is 2.52 bits per heavy atom. The zero-order valence-corrected chi connectivity index (χ0v) is 39.5. The van der Waals surface area contributed by atoms with E-state index in [4.69, 9.17) is 10.5 Å². The molecule has 15 nitrogen and oxygen atoms in total. The van der Waals surface area contributed by atoms with Gasteiger partial charge in [-0.3, -0.25) is 14.4 Å². The Morgan fingerprint density at radius 2 is 1.82 bits per heavy atom. The van der Waals surface area contributed by atoms with Gasteiger partial charge in [-0.1, -0.05) is 39.8 Å².